The van der Waals surface area contributed by atoms with Crippen molar-refractivity contribution in [2.45, 2.75) is 18.4 Å². The van der Waals surface area contributed by atoms with Gasteiger partial charge in [0.25, 0.3) is 0 Å². The number of rotatable bonds is 1. The van der Waals surface area contributed by atoms with Gasteiger partial charge in [-0.15, -0.1) is 0 Å². The van der Waals surface area contributed by atoms with Gasteiger partial charge in [-0.2, -0.15) is 0 Å². The second kappa shape index (κ2) is 5.14. The zero-order chi connectivity index (χ0) is 18.0. The van der Waals surface area contributed by atoms with Crippen LogP contribution in [0.4, 0.5) is 11.4 Å². The predicted octanol–water partition coefficient (Wildman–Crippen LogP) is 6.23. The van der Waals surface area contributed by atoms with E-state index in [4.69, 9.17) is 0 Å². The number of anilines is 2. The molecule has 0 spiro atoms. The lowest BCUT2D eigenvalue weighted by atomic mass is 9.76. The lowest BCUT2D eigenvalue weighted by Gasteiger charge is -2.34. The van der Waals surface area contributed by atoms with E-state index >= 15 is 0 Å². The molecule has 3 aromatic carbocycles. The Kier molecular flexibility index (Phi) is 2.83. The number of nitrogens with zero attached hydrogens (tertiary/aromatic N) is 1. The third kappa shape index (κ3) is 1.90. The maximum absolute atomic E-state index is 3.61. The summed E-state index contributed by atoms with van der Waals surface area (Å²) in [6.07, 6.45) is 9.06. The first-order valence-corrected chi connectivity index (χ1v) is 9.51. The average molecular weight is 348 g/mol. The lowest BCUT2D eigenvalue weighted by Crippen LogP contribution is -2.39. The Bertz CT molecular complexity index is 1250. The second-order valence-corrected chi connectivity index (χ2v) is 7.76. The van der Waals surface area contributed by atoms with E-state index in [0.717, 1.165) is 0 Å². The van der Waals surface area contributed by atoms with Gasteiger partial charge in [0.05, 0.1) is 6.04 Å². The maximum atomic E-state index is 3.61. The molecule has 6 rings (SSSR count). The van der Waals surface area contributed by atoms with E-state index in [2.05, 4.69) is 108 Å². The van der Waals surface area contributed by atoms with Gasteiger partial charge in [-0.05, 0) is 42.8 Å². The summed E-state index contributed by atoms with van der Waals surface area (Å²) < 4.78 is 0. The van der Waals surface area contributed by atoms with Crippen molar-refractivity contribution < 1.29 is 0 Å². The van der Waals surface area contributed by atoms with Gasteiger partial charge in [0.1, 0.15) is 0 Å². The van der Waals surface area contributed by atoms with Gasteiger partial charge in [0, 0.05) is 38.6 Å². The Morgan fingerprint density at radius 3 is 2.56 bits per heavy atom. The van der Waals surface area contributed by atoms with Crippen LogP contribution in [0.3, 0.4) is 0 Å². The molecule has 1 aliphatic carbocycles. The quantitative estimate of drug-likeness (QED) is 0.432. The minimum atomic E-state index is -0.0352. The molecule has 4 aromatic rings. The van der Waals surface area contributed by atoms with Crippen LogP contribution in [-0.4, -0.2) is 11.0 Å². The summed E-state index contributed by atoms with van der Waals surface area (Å²) in [5.74, 6) is 0. The van der Waals surface area contributed by atoms with Crippen molar-refractivity contribution in [1.29, 1.82) is 0 Å². The molecule has 2 heteroatoms. The van der Waals surface area contributed by atoms with Crippen LogP contribution in [0.25, 0.3) is 21.8 Å². The highest BCUT2D eigenvalue weighted by atomic mass is 15.2. The standard InChI is InChI=1S/C25H20N2/c1-25-14-8-7-13-24(25)27(17-9-3-2-4-10-17)23-16-22-19(15-20(23)25)18-11-5-6-12-21(18)26-22/h2-16,24,26H,1H3. The number of fused-ring (bicyclic) bond motifs is 6. The van der Waals surface area contributed by atoms with Gasteiger partial charge in [-0.3, -0.25) is 0 Å². The van der Waals surface area contributed by atoms with Gasteiger partial charge >= 0.3 is 0 Å². The molecule has 2 aliphatic rings. The molecule has 130 valence electrons. The molecule has 1 aromatic heterocycles. The van der Waals surface area contributed by atoms with E-state index in [9.17, 15) is 0 Å². The molecule has 0 radical (unpaired) electrons. The molecule has 0 bridgehead atoms. The van der Waals surface area contributed by atoms with Crippen molar-refractivity contribution in [2.24, 2.45) is 0 Å². The molecular formula is C25H20N2. The van der Waals surface area contributed by atoms with Crippen molar-refractivity contribution in [3.05, 3.63) is 96.6 Å². The molecule has 1 aliphatic heterocycles. The van der Waals surface area contributed by atoms with Gasteiger partial charge in [-0.25, -0.2) is 0 Å². The van der Waals surface area contributed by atoms with Crippen LogP contribution in [0.5, 0.6) is 0 Å². The molecular weight excluding hydrogens is 328 g/mol. The van der Waals surface area contributed by atoms with E-state index in [-0.39, 0.29) is 11.5 Å². The molecule has 0 saturated carbocycles. The Morgan fingerprint density at radius 1 is 0.852 bits per heavy atom. The number of allylic oxidation sites excluding steroid dienone is 2. The summed E-state index contributed by atoms with van der Waals surface area (Å²) in [7, 11) is 0. The van der Waals surface area contributed by atoms with E-state index in [0.29, 0.717) is 0 Å². The average Bonchev–Trinajstić information content (AvgIpc) is 3.19. The summed E-state index contributed by atoms with van der Waals surface area (Å²) in [5, 5.41) is 2.60. The zero-order valence-corrected chi connectivity index (χ0v) is 15.2. The van der Waals surface area contributed by atoms with Gasteiger partial charge < -0.3 is 9.88 Å². The number of aromatic nitrogens is 1. The first-order valence-electron chi connectivity index (χ1n) is 9.51. The first kappa shape index (κ1) is 14.9. The number of hydrogen-bond donors (Lipinski definition) is 1. The molecule has 2 atom stereocenters. The van der Waals surface area contributed by atoms with Crippen molar-refractivity contribution in [1.82, 2.24) is 4.98 Å². The largest absolute Gasteiger partial charge is 0.354 e. The van der Waals surface area contributed by atoms with Crippen molar-refractivity contribution in [2.75, 3.05) is 4.90 Å². The molecule has 0 saturated heterocycles. The van der Waals surface area contributed by atoms with E-state index in [1.807, 2.05) is 0 Å². The third-order valence-corrected chi connectivity index (χ3v) is 6.24. The second-order valence-electron chi connectivity index (χ2n) is 7.76. The van der Waals surface area contributed by atoms with Crippen molar-refractivity contribution >= 4 is 33.2 Å². The Morgan fingerprint density at radius 2 is 1.67 bits per heavy atom. The number of benzene rings is 3. The molecule has 27 heavy (non-hydrogen) atoms. The summed E-state index contributed by atoms with van der Waals surface area (Å²) >= 11 is 0. The van der Waals surface area contributed by atoms with Gasteiger partial charge in [0.2, 0.25) is 0 Å². The van der Waals surface area contributed by atoms with Gasteiger partial charge in [0.15, 0.2) is 0 Å². The Balaban J connectivity index is 1.69. The first-order chi connectivity index (χ1) is 13.3. The molecule has 2 unspecified atom stereocenters. The molecule has 2 nitrogen and oxygen atoms in total. The fourth-order valence-electron chi connectivity index (χ4n) is 4.88. The normalized spacial score (nSPS) is 23.1. The van der Waals surface area contributed by atoms with E-state index in [1.165, 1.54) is 38.7 Å². The minimum Gasteiger partial charge on any atom is -0.354 e. The third-order valence-electron chi connectivity index (χ3n) is 6.24. The Hall–Kier alpha value is -3.26. The summed E-state index contributed by atoms with van der Waals surface area (Å²) in [4.78, 5) is 6.10. The Labute approximate surface area is 158 Å². The molecule has 2 heterocycles. The maximum Gasteiger partial charge on any atom is 0.0655 e. The lowest BCUT2D eigenvalue weighted by molar-refractivity contribution is 0.551. The highest BCUT2D eigenvalue weighted by Gasteiger charge is 2.46. The van der Waals surface area contributed by atoms with Crippen LogP contribution in [0.15, 0.2) is 91.0 Å². The predicted molar refractivity (Wildman–Crippen MR) is 114 cm³/mol. The van der Waals surface area contributed by atoms with Crippen LogP contribution < -0.4 is 4.90 Å². The molecule has 1 N–H and O–H groups in total. The number of hydrogen-bond acceptors (Lipinski definition) is 1. The molecule has 0 fully saturated rings. The summed E-state index contributed by atoms with van der Waals surface area (Å²) in [5.41, 5.74) is 6.29. The smallest absolute Gasteiger partial charge is 0.0655 e. The van der Waals surface area contributed by atoms with Crippen LogP contribution in [0.1, 0.15) is 12.5 Å². The fraction of sp³-hybridized carbons (Fsp3) is 0.120. The van der Waals surface area contributed by atoms with Crippen LogP contribution in [0.2, 0.25) is 0 Å². The fourth-order valence-corrected chi connectivity index (χ4v) is 4.88. The minimum absolute atomic E-state index is 0.0352. The topological polar surface area (TPSA) is 19.0 Å². The number of aromatic amines is 1. The van der Waals surface area contributed by atoms with Crippen LogP contribution in [0, 0.1) is 0 Å². The zero-order valence-electron chi connectivity index (χ0n) is 15.2. The van der Waals surface area contributed by atoms with Crippen LogP contribution >= 0.6 is 0 Å². The van der Waals surface area contributed by atoms with Crippen molar-refractivity contribution in [3.63, 3.8) is 0 Å². The highest BCUT2D eigenvalue weighted by Crippen LogP contribution is 2.52. The van der Waals surface area contributed by atoms with E-state index in [1.54, 1.807) is 0 Å². The van der Waals surface area contributed by atoms with Crippen LogP contribution in [-0.2, 0) is 5.41 Å². The molecule has 0 amide bonds. The number of nitrogens with one attached hydrogen (secondary N) is 1. The highest BCUT2D eigenvalue weighted by molar-refractivity contribution is 6.09. The van der Waals surface area contributed by atoms with Crippen molar-refractivity contribution in [3.8, 4) is 0 Å². The van der Waals surface area contributed by atoms with Gasteiger partial charge in [-0.1, -0.05) is 60.7 Å². The number of H-pyrrole nitrogens is 1. The summed E-state index contributed by atoms with van der Waals surface area (Å²) in [6.45, 7) is 2.36. The number of para-hydroxylation sites is 2. The summed E-state index contributed by atoms with van der Waals surface area (Å²) in [6, 6.07) is 24.3. The monoisotopic (exact) mass is 348 g/mol. The SMILES string of the molecule is CC12C=CC=CC1N(c1ccccc1)c1cc3[nH]c4ccccc4c3cc12. The van der Waals surface area contributed by atoms with E-state index < -0.39 is 0 Å².